The molecule has 4 aliphatic rings. The van der Waals surface area contributed by atoms with E-state index in [0.717, 1.165) is 0 Å². The van der Waals surface area contributed by atoms with E-state index in [1.54, 1.807) is 55.4 Å². The summed E-state index contributed by atoms with van der Waals surface area (Å²) in [4.78, 5) is 0. The highest BCUT2D eigenvalue weighted by molar-refractivity contribution is 7.78. The van der Waals surface area contributed by atoms with Crippen LogP contribution in [0.25, 0.3) is 0 Å². The first kappa shape index (κ1) is 26.2. The summed E-state index contributed by atoms with van der Waals surface area (Å²) in [5.41, 5.74) is -3.98. The summed E-state index contributed by atoms with van der Waals surface area (Å²) in [7, 11) is -2.60. The molecule has 0 unspecified atom stereocenters. The van der Waals surface area contributed by atoms with Crippen molar-refractivity contribution in [2.75, 3.05) is 0 Å². The van der Waals surface area contributed by atoms with Gasteiger partial charge in [0.1, 0.15) is 11.6 Å². The Kier molecular flexibility index (Phi) is 5.82. The third kappa shape index (κ3) is 3.58. The SMILES string of the molecule is CC1(C)OB(c2c(F)c3c(=N)/c(=N\S)c(B4OC(C)(C)C(C)(C)O4)c(F)c=3c(=N)c2=N)OC1(C)C. The third-order valence-corrected chi connectivity index (χ3v) is 7.95. The first-order valence-electron chi connectivity index (χ1n) is 11.1. The highest BCUT2D eigenvalue weighted by Gasteiger charge is 2.54. The van der Waals surface area contributed by atoms with Crippen molar-refractivity contribution < 1.29 is 27.4 Å². The fourth-order valence-electron chi connectivity index (χ4n) is 4.15. The minimum Gasteiger partial charge on any atom is -0.399 e. The molecule has 0 atom stereocenters. The minimum atomic E-state index is -1.32. The predicted octanol–water partition coefficient (Wildman–Crippen LogP) is 0.347. The molecule has 4 rings (SSSR count). The van der Waals surface area contributed by atoms with E-state index in [1.807, 2.05) is 0 Å². The van der Waals surface area contributed by atoms with Gasteiger partial charge in [-0.2, -0.15) is 0 Å². The Hall–Kier alpha value is -1.92. The number of nitrogens with one attached hydrogen (secondary N) is 3. The van der Waals surface area contributed by atoms with Crippen LogP contribution in [-0.2, 0) is 18.6 Å². The molecule has 2 aliphatic carbocycles. The monoisotopic (exact) mass is 504 g/mol. The molecule has 186 valence electrons. The molecule has 3 N–H and O–H groups in total. The molecule has 0 aromatic heterocycles. The zero-order valence-electron chi connectivity index (χ0n) is 20.9. The molecule has 8 nitrogen and oxygen atoms in total. The molecular weight excluding hydrogens is 476 g/mol. The van der Waals surface area contributed by atoms with Crippen LogP contribution in [0.2, 0.25) is 0 Å². The van der Waals surface area contributed by atoms with Gasteiger partial charge in [-0.15, -0.1) is 0 Å². The molecular formula is C22H28B2F2N4O4S. The van der Waals surface area contributed by atoms with Crippen molar-refractivity contribution in [3.8, 4) is 0 Å². The molecule has 0 amide bonds. The summed E-state index contributed by atoms with van der Waals surface area (Å²) < 4.78 is 59.5. The van der Waals surface area contributed by atoms with Crippen LogP contribution >= 0.6 is 12.8 Å². The quantitative estimate of drug-likeness (QED) is 0.349. The van der Waals surface area contributed by atoms with Gasteiger partial charge in [0.25, 0.3) is 0 Å². The predicted molar refractivity (Wildman–Crippen MR) is 128 cm³/mol. The standard InChI is InChI=1S/C22H28B2F2N4O4S/c1-19(2)20(3,4)32-23(31-19)11-13(25)10-9(15(27)17(11)29)14(26)12(18(30-35)16(10)28)24-33-21(5,6)22(7,8)34-24/h27-29,35H,1-8H3/b27-15?,28-16?,29-17?,30-18-. The van der Waals surface area contributed by atoms with Crippen LogP contribution in [0.15, 0.2) is 4.40 Å². The Labute approximate surface area is 207 Å². The summed E-state index contributed by atoms with van der Waals surface area (Å²) in [6.45, 7) is 14.2. The summed E-state index contributed by atoms with van der Waals surface area (Å²) in [6.07, 6.45) is 0. The molecule has 13 heteroatoms. The molecule has 0 saturated carbocycles. The van der Waals surface area contributed by atoms with Gasteiger partial charge in [-0.1, -0.05) is 0 Å². The van der Waals surface area contributed by atoms with Crippen molar-refractivity contribution in [1.29, 1.82) is 16.2 Å². The summed E-state index contributed by atoms with van der Waals surface area (Å²) in [6, 6.07) is 0. The average molecular weight is 504 g/mol. The maximum absolute atomic E-state index is 16.1. The number of nitrogens with zero attached hydrogens (tertiary/aromatic N) is 1. The number of thiol groups is 1. The largest absolute Gasteiger partial charge is 0.500 e. The molecule has 2 aliphatic heterocycles. The first-order chi connectivity index (χ1) is 15.9. The summed E-state index contributed by atoms with van der Waals surface area (Å²) >= 11 is 3.91. The zero-order valence-corrected chi connectivity index (χ0v) is 21.8. The number of hydrogen-bond donors (Lipinski definition) is 4. The molecule has 0 aromatic rings. The second-order valence-electron chi connectivity index (χ2n) is 11.0. The zero-order chi connectivity index (χ0) is 26.5. The number of hydrogen-bond acceptors (Lipinski definition) is 9. The van der Waals surface area contributed by atoms with Gasteiger partial charge in [0, 0.05) is 21.4 Å². The van der Waals surface area contributed by atoms with Crippen molar-refractivity contribution >= 4 is 38.0 Å². The Balaban J connectivity index is 2.08. The average Bonchev–Trinajstić information content (AvgIpc) is 3.06. The lowest BCUT2D eigenvalue weighted by Gasteiger charge is -2.32. The van der Waals surface area contributed by atoms with Gasteiger partial charge >= 0.3 is 14.2 Å². The highest BCUT2D eigenvalue weighted by atomic mass is 32.1. The van der Waals surface area contributed by atoms with E-state index in [9.17, 15) is 0 Å². The lowest BCUT2D eigenvalue weighted by atomic mass is 9.74. The lowest BCUT2D eigenvalue weighted by molar-refractivity contribution is 0.00578. The molecule has 0 bridgehead atoms. The Morgan fingerprint density at radius 3 is 1.37 bits per heavy atom. The molecule has 0 spiro atoms. The van der Waals surface area contributed by atoms with Crippen molar-refractivity contribution in [3.63, 3.8) is 0 Å². The van der Waals surface area contributed by atoms with Gasteiger partial charge in [0.2, 0.25) is 0 Å². The van der Waals surface area contributed by atoms with Crippen molar-refractivity contribution in [2.24, 2.45) is 4.40 Å². The Morgan fingerprint density at radius 1 is 0.629 bits per heavy atom. The van der Waals surface area contributed by atoms with Crippen LogP contribution in [0, 0.1) is 38.3 Å². The van der Waals surface area contributed by atoms with E-state index < -0.39 is 74.8 Å². The fraction of sp³-hybridized carbons (Fsp3) is 0.545. The van der Waals surface area contributed by atoms with Crippen molar-refractivity contribution in [1.82, 2.24) is 0 Å². The van der Waals surface area contributed by atoms with Crippen LogP contribution in [0.3, 0.4) is 0 Å². The van der Waals surface area contributed by atoms with Gasteiger partial charge < -0.3 is 18.6 Å². The number of rotatable bonds is 2. The van der Waals surface area contributed by atoms with E-state index in [1.165, 1.54) is 0 Å². The smallest absolute Gasteiger partial charge is 0.399 e. The van der Waals surface area contributed by atoms with Gasteiger partial charge in [0.05, 0.1) is 43.8 Å². The fourth-order valence-corrected chi connectivity index (χ4v) is 4.35. The van der Waals surface area contributed by atoms with Crippen LogP contribution in [-0.4, -0.2) is 36.6 Å². The van der Waals surface area contributed by atoms with Crippen LogP contribution < -0.4 is 32.4 Å². The minimum absolute atomic E-state index is 0.271. The molecule has 2 heterocycles. The van der Waals surface area contributed by atoms with Gasteiger partial charge in [-0.25, -0.2) is 13.2 Å². The number of halogens is 2. The summed E-state index contributed by atoms with van der Waals surface area (Å²) in [5.74, 6) is -2.14. The lowest BCUT2D eigenvalue weighted by Crippen LogP contribution is -2.57. The second kappa shape index (κ2) is 7.79. The van der Waals surface area contributed by atoms with E-state index in [2.05, 4.69) is 17.2 Å². The van der Waals surface area contributed by atoms with Crippen LogP contribution in [0.5, 0.6) is 0 Å². The molecule has 2 fully saturated rings. The van der Waals surface area contributed by atoms with Crippen molar-refractivity contribution in [3.05, 3.63) is 43.5 Å². The normalized spacial score (nSPS) is 23.0. The maximum atomic E-state index is 16.1. The van der Waals surface area contributed by atoms with Crippen LogP contribution in [0.1, 0.15) is 55.4 Å². The highest BCUT2D eigenvalue weighted by Crippen LogP contribution is 2.37. The summed E-state index contributed by atoms with van der Waals surface area (Å²) in [5, 5.41) is 22.7. The Morgan fingerprint density at radius 2 is 0.971 bits per heavy atom. The van der Waals surface area contributed by atoms with Crippen molar-refractivity contribution in [2.45, 2.75) is 77.8 Å². The maximum Gasteiger partial charge on any atom is 0.500 e. The third-order valence-electron chi connectivity index (χ3n) is 7.75. The molecule has 2 saturated heterocycles. The second-order valence-corrected chi connectivity index (χ2v) is 11.2. The van der Waals surface area contributed by atoms with E-state index in [0.29, 0.717) is 0 Å². The van der Waals surface area contributed by atoms with Gasteiger partial charge in [-0.05, 0) is 68.2 Å². The topological polar surface area (TPSA) is 121 Å². The van der Waals surface area contributed by atoms with Gasteiger partial charge in [-0.3, -0.25) is 16.2 Å². The molecule has 35 heavy (non-hydrogen) atoms. The van der Waals surface area contributed by atoms with Gasteiger partial charge in [0.15, 0.2) is 0 Å². The molecule has 0 radical (unpaired) electrons. The first-order valence-corrected chi connectivity index (χ1v) is 11.5. The Bertz CT molecular complexity index is 1500. The van der Waals surface area contributed by atoms with E-state index in [4.69, 9.17) is 34.8 Å². The van der Waals surface area contributed by atoms with Crippen LogP contribution in [0.4, 0.5) is 8.78 Å². The van der Waals surface area contributed by atoms with E-state index in [-0.39, 0.29) is 16.3 Å². The van der Waals surface area contributed by atoms with E-state index >= 15 is 8.78 Å². The molecule has 0 aromatic carbocycles.